The molecule has 33 heavy (non-hydrogen) atoms. The average Bonchev–Trinajstić information content (AvgIpc) is 3.47. The number of nitrogen functional groups attached to an aromatic ring is 1. The Kier molecular flexibility index (Phi) is 5.39. The van der Waals surface area contributed by atoms with Crippen molar-refractivity contribution < 1.29 is 9.59 Å². The number of carbonyl (C=O) groups is 2. The van der Waals surface area contributed by atoms with Gasteiger partial charge in [0.05, 0.1) is 34.0 Å². The molecule has 1 aliphatic rings. The Hall–Kier alpha value is -3.98. The van der Waals surface area contributed by atoms with Crippen LogP contribution in [0.3, 0.4) is 0 Å². The second-order valence-electron chi connectivity index (χ2n) is 7.80. The van der Waals surface area contributed by atoms with Crippen LogP contribution in [0.1, 0.15) is 16.9 Å². The number of benzene rings is 2. The number of aromatic amines is 1. The summed E-state index contributed by atoms with van der Waals surface area (Å²) in [5.41, 5.74) is 9.32. The van der Waals surface area contributed by atoms with Crippen LogP contribution in [0, 0.1) is 5.92 Å². The highest BCUT2D eigenvalue weighted by atomic mass is 35.5. The molecule has 0 saturated carbocycles. The van der Waals surface area contributed by atoms with Gasteiger partial charge in [0.25, 0.3) is 5.91 Å². The topological polar surface area (TPSA) is 139 Å². The van der Waals surface area contributed by atoms with Crippen molar-refractivity contribution in [2.45, 2.75) is 6.42 Å². The zero-order valence-corrected chi connectivity index (χ0v) is 18.2. The maximum atomic E-state index is 12.9. The van der Waals surface area contributed by atoms with Crippen LogP contribution in [0.5, 0.6) is 0 Å². The molecular formula is C23H20ClN7O2. The molecule has 9 nitrogen and oxygen atoms in total. The van der Waals surface area contributed by atoms with Crippen molar-refractivity contribution in [3.63, 3.8) is 0 Å². The van der Waals surface area contributed by atoms with E-state index in [4.69, 9.17) is 17.3 Å². The lowest BCUT2D eigenvalue weighted by molar-refractivity contribution is -0.122. The van der Waals surface area contributed by atoms with Gasteiger partial charge in [-0.05, 0) is 18.6 Å². The molecule has 10 heteroatoms. The summed E-state index contributed by atoms with van der Waals surface area (Å²) in [7, 11) is 0. The van der Waals surface area contributed by atoms with E-state index in [-0.39, 0.29) is 29.9 Å². The molecule has 2 aromatic heterocycles. The predicted octanol–water partition coefficient (Wildman–Crippen LogP) is 2.79. The van der Waals surface area contributed by atoms with Crippen LogP contribution in [0.15, 0.2) is 48.7 Å². The summed E-state index contributed by atoms with van der Waals surface area (Å²) in [6.45, 7) is 0.808. The Labute approximate surface area is 193 Å². The van der Waals surface area contributed by atoms with Gasteiger partial charge in [0, 0.05) is 29.6 Å². The molecule has 166 valence electrons. The summed E-state index contributed by atoms with van der Waals surface area (Å²) < 4.78 is 0. The van der Waals surface area contributed by atoms with Gasteiger partial charge >= 0.3 is 0 Å². The number of hydrogen-bond acceptors (Lipinski definition) is 6. The first kappa shape index (κ1) is 20.9. The van der Waals surface area contributed by atoms with Crippen LogP contribution in [-0.4, -0.2) is 45.1 Å². The van der Waals surface area contributed by atoms with Crippen LogP contribution in [-0.2, 0) is 4.79 Å². The third-order valence-corrected chi connectivity index (χ3v) is 5.93. The minimum Gasteiger partial charge on any atom is -0.382 e. The number of nitrogens with one attached hydrogen (secondary N) is 3. The van der Waals surface area contributed by atoms with Crippen LogP contribution in [0.4, 0.5) is 5.82 Å². The molecule has 0 bridgehead atoms. The molecule has 0 aliphatic carbocycles. The Balaban J connectivity index is 1.58. The molecule has 3 heterocycles. The van der Waals surface area contributed by atoms with E-state index in [1.807, 2.05) is 36.4 Å². The lowest BCUT2D eigenvalue weighted by Crippen LogP contribution is -2.34. The molecule has 1 aliphatic heterocycles. The minimum absolute atomic E-state index is 0.00135. The van der Waals surface area contributed by atoms with Gasteiger partial charge in [-0.15, -0.1) is 0 Å². The summed E-state index contributed by atoms with van der Waals surface area (Å²) >= 11 is 6.46. The number of fused-ring (bicyclic) bond motifs is 1. The first-order valence-corrected chi connectivity index (χ1v) is 10.8. The molecule has 2 aromatic carbocycles. The van der Waals surface area contributed by atoms with Crippen LogP contribution >= 0.6 is 11.6 Å². The van der Waals surface area contributed by atoms with Crippen molar-refractivity contribution in [1.29, 1.82) is 0 Å². The average molecular weight is 462 g/mol. The summed E-state index contributed by atoms with van der Waals surface area (Å²) in [6, 6.07) is 13.1. The lowest BCUT2D eigenvalue weighted by Gasteiger charge is -2.14. The van der Waals surface area contributed by atoms with Crippen LogP contribution < -0.4 is 16.4 Å². The maximum Gasteiger partial charge on any atom is 0.273 e. The third kappa shape index (κ3) is 3.98. The Morgan fingerprint density at radius 3 is 2.70 bits per heavy atom. The van der Waals surface area contributed by atoms with E-state index in [9.17, 15) is 9.59 Å². The Morgan fingerprint density at radius 2 is 1.94 bits per heavy atom. The molecule has 2 amide bonds. The van der Waals surface area contributed by atoms with Gasteiger partial charge < -0.3 is 16.4 Å². The maximum absolute atomic E-state index is 12.9. The van der Waals surface area contributed by atoms with Gasteiger partial charge in [-0.1, -0.05) is 41.9 Å². The normalized spacial score (nSPS) is 15.5. The van der Waals surface area contributed by atoms with Crippen molar-refractivity contribution in [1.82, 2.24) is 30.8 Å². The van der Waals surface area contributed by atoms with E-state index in [0.717, 1.165) is 10.9 Å². The number of aromatic nitrogens is 4. The molecule has 1 unspecified atom stereocenters. The van der Waals surface area contributed by atoms with E-state index in [1.165, 1.54) is 0 Å². The zero-order chi connectivity index (χ0) is 22.9. The van der Waals surface area contributed by atoms with E-state index in [1.54, 1.807) is 12.3 Å². The summed E-state index contributed by atoms with van der Waals surface area (Å²) in [4.78, 5) is 33.9. The van der Waals surface area contributed by atoms with Gasteiger partial charge in [0.2, 0.25) is 5.91 Å². The van der Waals surface area contributed by atoms with Gasteiger partial charge in [-0.3, -0.25) is 14.7 Å². The smallest absolute Gasteiger partial charge is 0.273 e. The molecule has 1 atom stereocenters. The van der Waals surface area contributed by atoms with Crippen molar-refractivity contribution >= 4 is 40.1 Å². The van der Waals surface area contributed by atoms with E-state index in [0.29, 0.717) is 40.5 Å². The van der Waals surface area contributed by atoms with Crippen molar-refractivity contribution in [2.75, 3.05) is 18.8 Å². The molecule has 0 radical (unpaired) electrons. The van der Waals surface area contributed by atoms with Crippen LogP contribution in [0.25, 0.3) is 33.4 Å². The predicted molar refractivity (Wildman–Crippen MR) is 125 cm³/mol. The number of rotatable bonds is 5. The quantitative estimate of drug-likeness (QED) is 0.360. The molecule has 1 saturated heterocycles. The molecule has 5 rings (SSSR count). The monoisotopic (exact) mass is 461 g/mol. The largest absolute Gasteiger partial charge is 0.382 e. The highest BCUT2D eigenvalue weighted by Gasteiger charge is 2.26. The first-order valence-electron chi connectivity index (χ1n) is 10.4. The molecule has 1 fully saturated rings. The van der Waals surface area contributed by atoms with E-state index >= 15 is 0 Å². The summed E-state index contributed by atoms with van der Waals surface area (Å²) in [5, 5.41) is 13.7. The number of hydrogen-bond donors (Lipinski definition) is 4. The van der Waals surface area contributed by atoms with Crippen molar-refractivity contribution in [3.05, 3.63) is 59.4 Å². The van der Waals surface area contributed by atoms with Gasteiger partial charge in [0.15, 0.2) is 11.5 Å². The van der Waals surface area contributed by atoms with Gasteiger partial charge in [-0.25, -0.2) is 9.97 Å². The fraction of sp³-hybridized carbons (Fsp3) is 0.174. The van der Waals surface area contributed by atoms with Crippen molar-refractivity contribution in [3.8, 4) is 22.5 Å². The van der Waals surface area contributed by atoms with Crippen LogP contribution in [0.2, 0.25) is 5.02 Å². The standard InChI is InChI=1S/C23H20ClN7O2/c24-16-9-14(8-15-11-28-31-17(15)16)19-18(12-4-2-1-3-5-12)30-21(25)20(29-19)23(33)27-10-13-6-7-26-22(13)32/h1-5,8-9,11,13H,6-7,10H2,(H2,25,30)(H,26,32)(H,27,33)(H,28,31). The zero-order valence-electron chi connectivity index (χ0n) is 17.4. The number of amides is 2. The highest BCUT2D eigenvalue weighted by Crippen LogP contribution is 2.34. The number of anilines is 1. The number of carbonyl (C=O) groups excluding carboxylic acids is 2. The molecule has 4 aromatic rings. The summed E-state index contributed by atoms with van der Waals surface area (Å²) in [6.07, 6.45) is 2.33. The van der Waals surface area contributed by atoms with Gasteiger partial charge in [-0.2, -0.15) is 5.10 Å². The molecular weight excluding hydrogens is 442 g/mol. The molecule has 5 N–H and O–H groups in total. The minimum atomic E-state index is -0.490. The Bertz CT molecular complexity index is 1370. The molecule has 0 spiro atoms. The second-order valence-corrected chi connectivity index (χ2v) is 8.21. The third-order valence-electron chi connectivity index (χ3n) is 5.63. The second kappa shape index (κ2) is 8.51. The summed E-state index contributed by atoms with van der Waals surface area (Å²) in [5.74, 6) is -0.830. The number of nitrogens with zero attached hydrogens (tertiary/aromatic N) is 3. The SMILES string of the molecule is Nc1nc(-c2ccccc2)c(-c2cc(Cl)c3[nH]ncc3c2)nc1C(=O)NCC1CCNC1=O. The lowest BCUT2D eigenvalue weighted by atomic mass is 10.0. The highest BCUT2D eigenvalue weighted by molar-refractivity contribution is 6.35. The number of nitrogens with two attached hydrogens (primary N) is 1. The fourth-order valence-corrected chi connectivity index (χ4v) is 4.17. The fourth-order valence-electron chi connectivity index (χ4n) is 3.90. The van der Waals surface area contributed by atoms with Gasteiger partial charge in [0.1, 0.15) is 0 Å². The van der Waals surface area contributed by atoms with Crippen molar-refractivity contribution in [2.24, 2.45) is 5.92 Å². The van der Waals surface area contributed by atoms with E-state index < -0.39 is 5.91 Å². The number of H-pyrrole nitrogens is 1. The Morgan fingerprint density at radius 1 is 1.15 bits per heavy atom. The van der Waals surface area contributed by atoms with E-state index in [2.05, 4.69) is 30.8 Å². The first-order chi connectivity index (χ1) is 16.0. The number of halogens is 1.